The fourth-order valence-corrected chi connectivity index (χ4v) is 3.90. The lowest BCUT2D eigenvalue weighted by Crippen LogP contribution is -2.17. The standard InChI is InChI=1S/C18H20ClN5O.ClH/c1-11-5-13(19)6-16(25)17(11)14-7-15-18(22-21-14)24(10-20-15)9-12-3-4-23(2)8-12;/h5-7,10,12,25H,3-4,8-9H2,1-2H3;1H/t12-;/m1./s1. The Labute approximate surface area is 163 Å². The number of fused-ring (bicyclic) bond motifs is 1. The van der Waals surface area contributed by atoms with Gasteiger partial charge in [-0.1, -0.05) is 11.6 Å². The van der Waals surface area contributed by atoms with Crippen LogP contribution < -0.4 is 0 Å². The van der Waals surface area contributed by atoms with Crippen LogP contribution >= 0.6 is 24.0 Å². The number of imidazole rings is 1. The molecule has 2 aromatic heterocycles. The predicted octanol–water partition coefficient (Wildman–Crippen LogP) is 3.53. The highest BCUT2D eigenvalue weighted by Crippen LogP contribution is 2.34. The second-order valence-corrected chi connectivity index (χ2v) is 7.31. The fraction of sp³-hybridized carbons (Fsp3) is 0.389. The molecule has 3 aromatic rings. The molecule has 0 amide bonds. The van der Waals surface area contributed by atoms with E-state index in [0.717, 1.165) is 36.4 Å². The van der Waals surface area contributed by atoms with Gasteiger partial charge in [0.15, 0.2) is 5.65 Å². The highest BCUT2D eigenvalue weighted by molar-refractivity contribution is 6.31. The Morgan fingerprint density at radius 1 is 1.27 bits per heavy atom. The van der Waals surface area contributed by atoms with E-state index in [9.17, 15) is 5.11 Å². The van der Waals surface area contributed by atoms with Gasteiger partial charge in [-0.15, -0.1) is 22.6 Å². The first-order valence-electron chi connectivity index (χ1n) is 8.38. The average molecular weight is 394 g/mol. The number of aromatic hydroxyl groups is 1. The maximum absolute atomic E-state index is 10.2. The largest absolute Gasteiger partial charge is 0.507 e. The van der Waals surface area contributed by atoms with Crippen molar-refractivity contribution in [1.29, 1.82) is 0 Å². The van der Waals surface area contributed by atoms with Crippen LogP contribution in [0.15, 0.2) is 24.5 Å². The van der Waals surface area contributed by atoms with E-state index >= 15 is 0 Å². The Hall–Kier alpha value is -1.89. The van der Waals surface area contributed by atoms with Gasteiger partial charge in [0.1, 0.15) is 11.3 Å². The summed E-state index contributed by atoms with van der Waals surface area (Å²) < 4.78 is 2.07. The van der Waals surface area contributed by atoms with Crippen molar-refractivity contribution >= 4 is 35.2 Å². The zero-order valence-electron chi connectivity index (χ0n) is 14.7. The van der Waals surface area contributed by atoms with Crippen LogP contribution in [0.25, 0.3) is 22.4 Å². The van der Waals surface area contributed by atoms with Crippen molar-refractivity contribution in [2.45, 2.75) is 19.9 Å². The van der Waals surface area contributed by atoms with E-state index in [1.165, 1.54) is 12.5 Å². The molecule has 1 aromatic carbocycles. The number of hydrogen-bond donors (Lipinski definition) is 1. The zero-order valence-corrected chi connectivity index (χ0v) is 16.3. The van der Waals surface area contributed by atoms with Crippen LogP contribution in [-0.2, 0) is 6.54 Å². The Morgan fingerprint density at radius 2 is 2.08 bits per heavy atom. The molecular formula is C18H21Cl2N5O. The zero-order chi connectivity index (χ0) is 17.6. The molecule has 0 radical (unpaired) electrons. The summed E-state index contributed by atoms with van der Waals surface area (Å²) >= 11 is 5.98. The third kappa shape index (κ3) is 3.49. The lowest BCUT2D eigenvalue weighted by molar-refractivity contribution is 0.379. The fourth-order valence-electron chi connectivity index (χ4n) is 3.63. The molecule has 8 heteroatoms. The third-order valence-corrected chi connectivity index (χ3v) is 5.06. The average Bonchev–Trinajstić information content (AvgIpc) is 3.13. The van der Waals surface area contributed by atoms with Crippen molar-refractivity contribution in [2.24, 2.45) is 5.92 Å². The van der Waals surface area contributed by atoms with Crippen molar-refractivity contribution in [3.8, 4) is 17.0 Å². The summed E-state index contributed by atoms with van der Waals surface area (Å²) in [7, 11) is 2.15. The van der Waals surface area contributed by atoms with E-state index < -0.39 is 0 Å². The van der Waals surface area contributed by atoms with Crippen LogP contribution in [0.3, 0.4) is 0 Å². The van der Waals surface area contributed by atoms with Crippen molar-refractivity contribution in [2.75, 3.05) is 20.1 Å². The summed E-state index contributed by atoms with van der Waals surface area (Å²) in [5.41, 5.74) is 3.66. The van der Waals surface area contributed by atoms with E-state index in [1.807, 2.05) is 19.3 Å². The molecule has 6 nitrogen and oxygen atoms in total. The van der Waals surface area contributed by atoms with Gasteiger partial charge < -0.3 is 14.6 Å². The number of benzene rings is 1. The van der Waals surface area contributed by atoms with Gasteiger partial charge in [-0.2, -0.15) is 0 Å². The number of phenols is 1. The summed E-state index contributed by atoms with van der Waals surface area (Å²) in [4.78, 5) is 6.83. The molecule has 3 heterocycles. The van der Waals surface area contributed by atoms with Gasteiger partial charge in [0.05, 0.1) is 12.0 Å². The van der Waals surface area contributed by atoms with Crippen LogP contribution in [0.2, 0.25) is 5.02 Å². The predicted molar refractivity (Wildman–Crippen MR) is 105 cm³/mol. The molecule has 0 aliphatic carbocycles. The SMILES string of the molecule is Cc1cc(Cl)cc(O)c1-c1cc2ncn(C[C@@H]3CCN(C)C3)c2nn1.Cl. The van der Waals surface area contributed by atoms with Gasteiger partial charge in [0.25, 0.3) is 0 Å². The van der Waals surface area contributed by atoms with Crippen LogP contribution in [0.4, 0.5) is 0 Å². The second kappa shape index (κ2) is 7.39. The molecule has 0 spiro atoms. The van der Waals surface area contributed by atoms with E-state index in [-0.39, 0.29) is 18.2 Å². The normalized spacial score (nSPS) is 17.6. The molecule has 1 saturated heterocycles. The molecule has 0 bridgehead atoms. The minimum atomic E-state index is 0. The minimum Gasteiger partial charge on any atom is -0.507 e. The number of phenolic OH excluding ortho intramolecular Hbond substituents is 1. The summed E-state index contributed by atoms with van der Waals surface area (Å²) in [5, 5.41) is 19.4. The van der Waals surface area contributed by atoms with E-state index in [0.29, 0.717) is 22.2 Å². The number of likely N-dealkylation sites (tertiary alicyclic amines) is 1. The van der Waals surface area contributed by atoms with Crippen LogP contribution in [0.5, 0.6) is 5.75 Å². The Morgan fingerprint density at radius 3 is 2.77 bits per heavy atom. The first-order chi connectivity index (χ1) is 12.0. The van der Waals surface area contributed by atoms with Gasteiger partial charge in [-0.25, -0.2) is 4.98 Å². The van der Waals surface area contributed by atoms with Crippen molar-refractivity contribution in [1.82, 2.24) is 24.6 Å². The van der Waals surface area contributed by atoms with Crippen molar-refractivity contribution in [3.05, 3.63) is 35.1 Å². The Kier molecular flexibility index (Phi) is 5.37. The molecule has 138 valence electrons. The van der Waals surface area contributed by atoms with Crippen molar-refractivity contribution in [3.63, 3.8) is 0 Å². The number of aromatic nitrogens is 4. The number of nitrogens with zero attached hydrogens (tertiary/aromatic N) is 5. The monoisotopic (exact) mass is 393 g/mol. The lowest BCUT2D eigenvalue weighted by atomic mass is 10.0. The summed E-state index contributed by atoms with van der Waals surface area (Å²) in [6, 6.07) is 5.19. The van der Waals surface area contributed by atoms with Gasteiger partial charge in [-0.3, -0.25) is 0 Å². The van der Waals surface area contributed by atoms with Crippen LogP contribution in [0.1, 0.15) is 12.0 Å². The van der Waals surface area contributed by atoms with E-state index in [4.69, 9.17) is 11.6 Å². The summed E-state index contributed by atoms with van der Waals surface area (Å²) in [6.45, 7) is 5.04. The smallest absolute Gasteiger partial charge is 0.182 e. The summed E-state index contributed by atoms with van der Waals surface area (Å²) in [5.74, 6) is 0.721. The molecule has 26 heavy (non-hydrogen) atoms. The van der Waals surface area contributed by atoms with Crippen LogP contribution in [-0.4, -0.2) is 49.9 Å². The minimum absolute atomic E-state index is 0. The molecular weight excluding hydrogens is 373 g/mol. The van der Waals surface area contributed by atoms with E-state index in [1.54, 1.807) is 6.07 Å². The number of rotatable bonds is 3. The number of aryl methyl sites for hydroxylation is 1. The molecule has 1 aliphatic heterocycles. The Bertz CT molecular complexity index is 919. The third-order valence-electron chi connectivity index (χ3n) is 4.84. The maximum atomic E-state index is 10.2. The highest BCUT2D eigenvalue weighted by Gasteiger charge is 2.21. The lowest BCUT2D eigenvalue weighted by Gasteiger charge is -2.11. The molecule has 4 rings (SSSR count). The first-order valence-corrected chi connectivity index (χ1v) is 8.75. The maximum Gasteiger partial charge on any atom is 0.182 e. The molecule has 1 N–H and O–H groups in total. The van der Waals surface area contributed by atoms with Crippen molar-refractivity contribution < 1.29 is 5.11 Å². The molecule has 0 unspecified atom stereocenters. The molecule has 0 saturated carbocycles. The molecule has 1 fully saturated rings. The van der Waals surface area contributed by atoms with Gasteiger partial charge in [0.2, 0.25) is 0 Å². The highest BCUT2D eigenvalue weighted by atomic mass is 35.5. The van der Waals surface area contributed by atoms with Gasteiger partial charge >= 0.3 is 0 Å². The first kappa shape index (κ1) is 18.9. The summed E-state index contributed by atoms with van der Waals surface area (Å²) in [6.07, 6.45) is 3.02. The number of hydrogen-bond acceptors (Lipinski definition) is 5. The van der Waals surface area contributed by atoms with Crippen LogP contribution in [0, 0.1) is 12.8 Å². The molecule has 1 atom stereocenters. The van der Waals surface area contributed by atoms with Gasteiger partial charge in [-0.05, 0) is 56.6 Å². The second-order valence-electron chi connectivity index (χ2n) is 6.87. The van der Waals surface area contributed by atoms with E-state index in [2.05, 4.69) is 31.7 Å². The van der Waals surface area contributed by atoms with Gasteiger partial charge in [0, 0.05) is 23.7 Å². The quantitative estimate of drug-likeness (QED) is 0.736. The Balaban J connectivity index is 0.00000196. The number of halogens is 2. The topological polar surface area (TPSA) is 67.1 Å². The molecule has 1 aliphatic rings.